The van der Waals surface area contributed by atoms with Crippen LogP contribution in [0.4, 0.5) is 0 Å². The van der Waals surface area contributed by atoms with Crippen molar-refractivity contribution in [2.24, 2.45) is 0 Å². The molecule has 0 aliphatic heterocycles. The third-order valence-electron chi connectivity index (χ3n) is 3.07. The number of Topliss-reactive ketones (excluding diaryl/α,β-unsaturated/α-hetero) is 1. The Morgan fingerprint density at radius 1 is 0.909 bits per heavy atom. The Balaban J connectivity index is 1.79. The first-order chi connectivity index (χ1) is 10.6. The Morgan fingerprint density at radius 2 is 1.59 bits per heavy atom. The second-order valence-electron chi connectivity index (χ2n) is 4.68. The summed E-state index contributed by atoms with van der Waals surface area (Å²) in [6, 6.07) is 13.7. The average molecular weight is 337 g/mol. The minimum atomic E-state index is -0.428. The summed E-state index contributed by atoms with van der Waals surface area (Å²) >= 11 is 11.7. The highest BCUT2D eigenvalue weighted by Crippen LogP contribution is 2.16. The Bertz CT molecular complexity index is 666. The smallest absolute Gasteiger partial charge is 0.306 e. The van der Waals surface area contributed by atoms with E-state index in [1.165, 1.54) is 0 Å². The molecule has 0 aromatic heterocycles. The Morgan fingerprint density at radius 3 is 2.27 bits per heavy atom. The number of carbonyl (C=O) groups excluding carboxylic acids is 2. The predicted octanol–water partition coefficient (Wildman–Crippen LogP) is 4.70. The lowest BCUT2D eigenvalue weighted by atomic mass is 10.1. The molecule has 0 saturated heterocycles. The summed E-state index contributed by atoms with van der Waals surface area (Å²) in [6.07, 6.45) is 0.134. The maximum Gasteiger partial charge on any atom is 0.306 e. The van der Waals surface area contributed by atoms with Crippen LogP contribution in [-0.2, 0) is 16.1 Å². The van der Waals surface area contributed by atoms with Crippen molar-refractivity contribution < 1.29 is 14.3 Å². The number of halogens is 2. The van der Waals surface area contributed by atoms with Gasteiger partial charge in [-0.2, -0.15) is 0 Å². The van der Waals surface area contributed by atoms with Gasteiger partial charge in [0.05, 0.1) is 6.42 Å². The molecule has 0 aliphatic carbocycles. The molecule has 0 aliphatic rings. The van der Waals surface area contributed by atoms with Gasteiger partial charge >= 0.3 is 5.97 Å². The van der Waals surface area contributed by atoms with Crippen molar-refractivity contribution in [3.8, 4) is 0 Å². The molecular formula is C17H14Cl2O3. The van der Waals surface area contributed by atoms with E-state index in [9.17, 15) is 9.59 Å². The van der Waals surface area contributed by atoms with Crippen LogP contribution in [-0.4, -0.2) is 11.8 Å². The monoisotopic (exact) mass is 336 g/mol. The molecule has 0 amide bonds. The Kier molecular flexibility index (Phi) is 5.99. The quantitative estimate of drug-likeness (QED) is 0.567. The van der Waals surface area contributed by atoms with Gasteiger partial charge in [0.2, 0.25) is 0 Å². The molecule has 114 valence electrons. The number of hydrogen-bond donors (Lipinski definition) is 0. The zero-order valence-corrected chi connectivity index (χ0v) is 13.2. The number of ether oxygens (including phenoxy) is 1. The van der Waals surface area contributed by atoms with E-state index in [1.807, 2.05) is 6.07 Å². The van der Waals surface area contributed by atoms with E-state index in [-0.39, 0.29) is 25.2 Å². The molecule has 0 unspecified atom stereocenters. The lowest BCUT2D eigenvalue weighted by molar-refractivity contribution is -0.144. The normalized spacial score (nSPS) is 10.3. The summed E-state index contributed by atoms with van der Waals surface area (Å²) in [6.45, 7) is 0.105. The minimum Gasteiger partial charge on any atom is -0.461 e. The van der Waals surface area contributed by atoms with Crippen molar-refractivity contribution in [1.82, 2.24) is 0 Å². The van der Waals surface area contributed by atoms with Gasteiger partial charge in [-0.15, -0.1) is 0 Å². The van der Waals surface area contributed by atoms with Gasteiger partial charge in [-0.3, -0.25) is 9.59 Å². The van der Waals surface area contributed by atoms with E-state index in [4.69, 9.17) is 27.9 Å². The van der Waals surface area contributed by atoms with E-state index in [0.717, 1.165) is 5.56 Å². The third kappa shape index (κ3) is 4.86. The molecule has 0 spiro atoms. The fraction of sp³-hybridized carbons (Fsp3) is 0.176. The highest BCUT2D eigenvalue weighted by Gasteiger charge is 2.11. The Hall–Kier alpha value is -1.84. The van der Waals surface area contributed by atoms with Crippen molar-refractivity contribution in [2.45, 2.75) is 19.4 Å². The number of carbonyl (C=O) groups is 2. The molecule has 22 heavy (non-hydrogen) atoms. The molecule has 5 heteroatoms. The first-order valence-corrected chi connectivity index (χ1v) is 7.49. The zero-order valence-electron chi connectivity index (χ0n) is 11.7. The second kappa shape index (κ2) is 7.97. The van der Waals surface area contributed by atoms with E-state index in [1.54, 1.807) is 42.5 Å². The predicted molar refractivity (Wildman–Crippen MR) is 86.3 cm³/mol. The van der Waals surface area contributed by atoms with Crippen molar-refractivity contribution in [2.75, 3.05) is 0 Å². The van der Waals surface area contributed by atoms with Crippen LogP contribution < -0.4 is 0 Å². The highest BCUT2D eigenvalue weighted by atomic mass is 35.5. The van der Waals surface area contributed by atoms with Crippen LogP contribution >= 0.6 is 23.2 Å². The molecule has 0 atom stereocenters. The van der Waals surface area contributed by atoms with Gasteiger partial charge in [0.25, 0.3) is 0 Å². The fourth-order valence-corrected chi connectivity index (χ4v) is 2.16. The van der Waals surface area contributed by atoms with Crippen LogP contribution in [0.2, 0.25) is 10.0 Å². The molecule has 0 N–H and O–H groups in total. The molecule has 0 fully saturated rings. The van der Waals surface area contributed by atoms with Crippen LogP contribution in [0.3, 0.4) is 0 Å². The van der Waals surface area contributed by atoms with Crippen LogP contribution in [0, 0.1) is 0 Å². The molecule has 0 saturated carbocycles. The number of benzene rings is 2. The summed E-state index contributed by atoms with van der Waals surface area (Å²) in [7, 11) is 0. The van der Waals surface area contributed by atoms with Crippen molar-refractivity contribution in [3.05, 3.63) is 69.7 Å². The maximum absolute atomic E-state index is 11.9. The van der Waals surface area contributed by atoms with E-state index in [2.05, 4.69) is 0 Å². The lowest BCUT2D eigenvalue weighted by Crippen LogP contribution is -2.08. The van der Waals surface area contributed by atoms with Crippen LogP contribution in [0.25, 0.3) is 0 Å². The van der Waals surface area contributed by atoms with Crippen molar-refractivity contribution in [3.63, 3.8) is 0 Å². The summed E-state index contributed by atoms with van der Waals surface area (Å²) in [5.74, 6) is -0.548. The van der Waals surface area contributed by atoms with Gasteiger partial charge in [0.1, 0.15) is 6.61 Å². The average Bonchev–Trinajstić information content (AvgIpc) is 2.52. The van der Waals surface area contributed by atoms with Gasteiger partial charge in [0, 0.05) is 27.6 Å². The summed E-state index contributed by atoms with van der Waals surface area (Å²) in [4.78, 5) is 23.6. The molecule has 0 bridgehead atoms. The molecule has 2 aromatic rings. The molecular weight excluding hydrogens is 323 g/mol. The molecule has 2 rings (SSSR count). The molecule has 2 aromatic carbocycles. The zero-order chi connectivity index (χ0) is 15.9. The van der Waals surface area contributed by atoms with Gasteiger partial charge < -0.3 is 4.74 Å². The number of hydrogen-bond acceptors (Lipinski definition) is 3. The van der Waals surface area contributed by atoms with E-state index >= 15 is 0 Å². The minimum absolute atomic E-state index is 0.0336. The summed E-state index contributed by atoms with van der Waals surface area (Å²) in [5.41, 5.74) is 1.27. The van der Waals surface area contributed by atoms with E-state index in [0.29, 0.717) is 15.6 Å². The molecule has 3 nitrogen and oxygen atoms in total. The fourth-order valence-electron chi connectivity index (χ4n) is 1.84. The topological polar surface area (TPSA) is 43.4 Å². The lowest BCUT2D eigenvalue weighted by Gasteiger charge is -2.06. The number of ketones is 1. The Labute approximate surface area is 138 Å². The highest BCUT2D eigenvalue weighted by molar-refractivity contribution is 6.31. The van der Waals surface area contributed by atoms with Gasteiger partial charge in [0.15, 0.2) is 5.78 Å². The van der Waals surface area contributed by atoms with Gasteiger partial charge in [-0.1, -0.05) is 41.4 Å². The number of rotatable bonds is 6. The van der Waals surface area contributed by atoms with Gasteiger partial charge in [-0.25, -0.2) is 0 Å². The summed E-state index contributed by atoms with van der Waals surface area (Å²) in [5, 5.41) is 1.11. The number of esters is 1. The maximum atomic E-state index is 11.9. The van der Waals surface area contributed by atoms with Crippen LogP contribution in [0.15, 0.2) is 48.5 Å². The van der Waals surface area contributed by atoms with E-state index < -0.39 is 5.97 Å². The van der Waals surface area contributed by atoms with Crippen molar-refractivity contribution >= 4 is 35.0 Å². The SMILES string of the molecule is O=C(CCC(=O)c1ccc(Cl)cc1)OCc1ccccc1Cl. The van der Waals surface area contributed by atoms with Crippen molar-refractivity contribution in [1.29, 1.82) is 0 Å². The summed E-state index contributed by atoms with van der Waals surface area (Å²) < 4.78 is 5.12. The first kappa shape index (κ1) is 16.5. The largest absolute Gasteiger partial charge is 0.461 e. The molecule has 0 radical (unpaired) electrons. The first-order valence-electron chi connectivity index (χ1n) is 6.74. The van der Waals surface area contributed by atoms with Gasteiger partial charge in [-0.05, 0) is 30.3 Å². The van der Waals surface area contributed by atoms with Crippen LogP contribution in [0.1, 0.15) is 28.8 Å². The second-order valence-corrected chi connectivity index (χ2v) is 5.53. The standard InChI is InChI=1S/C17H14Cl2O3/c18-14-7-5-12(6-8-14)16(20)9-10-17(21)22-11-13-3-1-2-4-15(13)19/h1-8H,9-11H2. The van der Waals surface area contributed by atoms with Crippen LogP contribution in [0.5, 0.6) is 0 Å². The molecule has 0 heterocycles. The third-order valence-corrected chi connectivity index (χ3v) is 3.69.